The van der Waals surface area contributed by atoms with Crippen LogP contribution in [0.4, 0.5) is 0 Å². The molecule has 1 aliphatic rings. The van der Waals surface area contributed by atoms with E-state index in [9.17, 15) is 5.11 Å². The van der Waals surface area contributed by atoms with Crippen molar-refractivity contribution < 1.29 is 5.11 Å². The Balaban J connectivity index is 2.32. The Bertz CT molecular complexity index is 130. The van der Waals surface area contributed by atoms with Crippen LogP contribution in [0.1, 0.15) is 20.8 Å². The Morgan fingerprint density at radius 1 is 1.55 bits per heavy atom. The van der Waals surface area contributed by atoms with E-state index in [0.29, 0.717) is 6.04 Å². The minimum absolute atomic E-state index is 0.160. The van der Waals surface area contributed by atoms with Gasteiger partial charge in [0.15, 0.2) is 0 Å². The Kier molecular flexibility index (Phi) is 2.52. The molecular formula is C8H18N2O. The summed E-state index contributed by atoms with van der Waals surface area (Å²) < 4.78 is 0. The van der Waals surface area contributed by atoms with Crippen LogP contribution in [0.3, 0.4) is 0 Å². The molecule has 0 bridgehead atoms. The highest BCUT2D eigenvalue weighted by molar-refractivity contribution is 4.92. The van der Waals surface area contributed by atoms with Crippen molar-refractivity contribution in [2.75, 3.05) is 13.1 Å². The first-order valence-corrected chi connectivity index (χ1v) is 4.19. The molecule has 0 radical (unpaired) electrons. The summed E-state index contributed by atoms with van der Waals surface area (Å²) in [6.45, 7) is 7.91. The van der Waals surface area contributed by atoms with Crippen LogP contribution in [0.2, 0.25) is 0 Å². The molecule has 1 aliphatic heterocycles. The fourth-order valence-corrected chi connectivity index (χ4v) is 1.04. The maximum absolute atomic E-state index is 9.37. The molecule has 0 aromatic rings. The molecule has 0 saturated carbocycles. The van der Waals surface area contributed by atoms with E-state index in [-0.39, 0.29) is 11.6 Å². The summed E-state index contributed by atoms with van der Waals surface area (Å²) in [5.41, 5.74) is -0.160. The standard InChI is InChI=1S/C8H18N2O/c1-6(11)8(2,3)10-7-4-9-5-7/h6-7,9-11H,4-5H2,1-3H3. The average Bonchev–Trinajstić information content (AvgIpc) is 1.79. The minimum Gasteiger partial charge on any atom is -0.392 e. The van der Waals surface area contributed by atoms with Gasteiger partial charge in [-0.3, -0.25) is 0 Å². The van der Waals surface area contributed by atoms with E-state index in [0.717, 1.165) is 13.1 Å². The highest BCUT2D eigenvalue weighted by atomic mass is 16.3. The van der Waals surface area contributed by atoms with Gasteiger partial charge in [-0.1, -0.05) is 0 Å². The molecule has 0 spiro atoms. The van der Waals surface area contributed by atoms with E-state index >= 15 is 0 Å². The van der Waals surface area contributed by atoms with Crippen molar-refractivity contribution in [3.63, 3.8) is 0 Å². The SMILES string of the molecule is CC(O)C(C)(C)NC1CNC1. The maximum atomic E-state index is 9.37. The van der Waals surface area contributed by atoms with Crippen molar-refractivity contribution in [3.05, 3.63) is 0 Å². The molecule has 1 heterocycles. The predicted molar refractivity (Wildman–Crippen MR) is 45.6 cm³/mol. The van der Waals surface area contributed by atoms with E-state index in [2.05, 4.69) is 10.6 Å². The van der Waals surface area contributed by atoms with Crippen LogP contribution in [-0.4, -0.2) is 35.9 Å². The molecule has 0 aromatic carbocycles. The quantitative estimate of drug-likeness (QED) is 0.529. The van der Waals surface area contributed by atoms with Crippen molar-refractivity contribution in [3.8, 4) is 0 Å². The van der Waals surface area contributed by atoms with E-state index in [1.165, 1.54) is 0 Å². The van der Waals surface area contributed by atoms with Crippen molar-refractivity contribution >= 4 is 0 Å². The second kappa shape index (κ2) is 3.09. The van der Waals surface area contributed by atoms with E-state index in [1.54, 1.807) is 0 Å². The zero-order valence-corrected chi connectivity index (χ0v) is 7.52. The number of rotatable bonds is 3. The third kappa shape index (κ3) is 2.15. The zero-order valence-electron chi connectivity index (χ0n) is 7.52. The summed E-state index contributed by atoms with van der Waals surface area (Å²) in [5, 5.41) is 15.9. The summed E-state index contributed by atoms with van der Waals surface area (Å²) in [7, 11) is 0. The summed E-state index contributed by atoms with van der Waals surface area (Å²) >= 11 is 0. The van der Waals surface area contributed by atoms with Gasteiger partial charge in [0.2, 0.25) is 0 Å². The van der Waals surface area contributed by atoms with Gasteiger partial charge >= 0.3 is 0 Å². The number of aliphatic hydroxyl groups is 1. The predicted octanol–water partition coefficient (Wildman–Crippen LogP) is -0.293. The van der Waals surface area contributed by atoms with Crippen LogP contribution in [0.5, 0.6) is 0 Å². The number of nitrogens with one attached hydrogen (secondary N) is 2. The molecule has 0 aromatic heterocycles. The Morgan fingerprint density at radius 3 is 2.36 bits per heavy atom. The maximum Gasteiger partial charge on any atom is 0.0688 e. The molecule has 1 fully saturated rings. The molecule has 3 heteroatoms. The normalized spacial score (nSPS) is 22.9. The Hall–Kier alpha value is -0.120. The van der Waals surface area contributed by atoms with E-state index in [1.807, 2.05) is 20.8 Å². The van der Waals surface area contributed by atoms with Gasteiger partial charge < -0.3 is 15.7 Å². The van der Waals surface area contributed by atoms with Crippen molar-refractivity contribution in [2.24, 2.45) is 0 Å². The van der Waals surface area contributed by atoms with Gasteiger partial charge in [0, 0.05) is 24.7 Å². The van der Waals surface area contributed by atoms with Crippen molar-refractivity contribution in [1.82, 2.24) is 10.6 Å². The van der Waals surface area contributed by atoms with Crippen LogP contribution in [0.25, 0.3) is 0 Å². The third-order valence-corrected chi connectivity index (χ3v) is 2.40. The van der Waals surface area contributed by atoms with Crippen LogP contribution in [-0.2, 0) is 0 Å². The van der Waals surface area contributed by atoms with Crippen LogP contribution < -0.4 is 10.6 Å². The van der Waals surface area contributed by atoms with Gasteiger partial charge in [-0.15, -0.1) is 0 Å². The molecule has 0 aliphatic carbocycles. The summed E-state index contributed by atoms with van der Waals surface area (Å²) in [4.78, 5) is 0. The average molecular weight is 158 g/mol. The molecule has 66 valence electrons. The van der Waals surface area contributed by atoms with E-state index < -0.39 is 0 Å². The number of hydrogen-bond donors (Lipinski definition) is 3. The van der Waals surface area contributed by atoms with E-state index in [4.69, 9.17) is 0 Å². The second-order valence-corrected chi connectivity index (χ2v) is 3.90. The zero-order chi connectivity index (χ0) is 8.48. The van der Waals surface area contributed by atoms with Gasteiger partial charge in [-0.2, -0.15) is 0 Å². The van der Waals surface area contributed by atoms with Crippen LogP contribution in [0.15, 0.2) is 0 Å². The van der Waals surface area contributed by atoms with Gasteiger partial charge in [-0.25, -0.2) is 0 Å². The molecule has 1 rings (SSSR count). The molecule has 3 N–H and O–H groups in total. The van der Waals surface area contributed by atoms with Crippen molar-refractivity contribution in [2.45, 2.75) is 38.5 Å². The smallest absolute Gasteiger partial charge is 0.0688 e. The van der Waals surface area contributed by atoms with Gasteiger partial charge in [0.1, 0.15) is 0 Å². The molecule has 1 unspecified atom stereocenters. The highest BCUT2D eigenvalue weighted by Crippen LogP contribution is 2.10. The van der Waals surface area contributed by atoms with Gasteiger partial charge in [0.25, 0.3) is 0 Å². The molecule has 1 saturated heterocycles. The van der Waals surface area contributed by atoms with Gasteiger partial charge in [-0.05, 0) is 20.8 Å². The third-order valence-electron chi connectivity index (χ3n) is 2.40. The molecule has 1 atom stereocenters. The lowest BCUT2D eigenvalue weighted by molar-refractivity contribution is 0.0814. The lowest BCUT2D eigenvalue weighted by Crippen LogP contribution is -2.63. The first kappa shape index (κ1) is 8.97. The number of aliphatic hydroxyl groups excluding tert-OH is 1. The van der Waals surface area contributed by atoms with Crippen LogP contribution >= 0.6 is 0 Å². The lowest BCUT2D eigenvalue weighted by atomic mass is 9.96. The van der Waals surface area contributed by atoms with Gasteiger partial charge in [0.05, 0.1) is 6.10 Å². The summed E-state index contributed by atoms with van der Waals surface area (Å²) in [6, 6.07) is 0.541. The Labute approximate surface area is 68.2 Å². The number of hydrogen-bond acceptors (Lipinski definition) is 3. The molecular weight excluding hydrogens is 140 g/mol. The van der Waals surface area contributed by atoms with Crippen molar-refractivity contribution in [1.29, 1.82) is 0 Å². The molecule has 3 nitrogen and oxygen atoms in total. The first-order valence-electron chi connectivity index (χ1n) is 4.19. The summed E-state index contributed by atoms with van der Waals surface area (Å²) in [5.74, 6) is 0. The highest BCUT2D eigenvalue weighted by Gasteiger charge is 2.29. The van der Waals surface area contributed by atoms with Crippen LogP contribution in [0, 0.1) is 0 Å². The molecule has 0 amide bonds. The minimum atomic E-state index is -0.303. The fourth-order valence-electron chi connectivity index (χ4n) is 1.04. The monoisotopic (exact) mass is 158 g/mol. The lowest BCUT2D eigenvalue weighted by Gasteiger charge is -2.38. The fraction of sp³-hybridized carbons (Fsp3) is 1.00. The first-order chi connectivity index (χ1) is 5.02. The molecule has 11 heavy (non-hydrogen) atoms. The largest absolute Gasteiger partial charge is 0.392 e. The summed E-state index contributed by atoms with van der Waals surface area (Å²) in [6.07, 6.45) is -0.303. The Morgan fingerprint density at radius 2 is 2.09 bits per heavy atom. The topological polar surface area (TPSA) is 44.3 Å². The second-order valence-electron chi connectivity index (χ2n) is 3.90.